The summed E-state index contributed by atoms with van der Waals surface area (Å²) in [6.07, 6.45) is 0.196. The number of nitrogens with two attached hydrogens (primary N) is 1. The molecule has 0 spiro atoms. The van der Waals surface area contributed by atoms with E-state index in [1.807, 2.05) is 6.07 Å². The first-order chi connectivity index (χ1) is 6.15. The molecule has 0 fully saturated rings. The number of halogens is 3. The van der Waals surface area contributed by atoms with E-state index in [4.69, 9.17) is 11.0 Å². The molecule has 1 aromatic rings. The van der Waals surface area contributed by atoms with Crippen LogP contribution in [-0.2, 0) is 0 Å². The van der Waals surface area contributed by atoms with Gasteiger partial charge in [0.25, 0.3) is 0 Å². The van der Waals surface area contributed by atoms with Gasteiger partial charge in [-0.25, -0.2) is 4.39 Å². The van der Waals surface area contributed by atoms with E-state index >= 15 is 0 Å². The van der Waals surface area contributed by atoms with Crippen molar-refractivity contribution in [2.24, 2.45) is 5.73 Å². The summed E-state index contributed by atoms with van der Waals surface area (Å²) in [5, 5.41) is 8.39. The molecule has 0 unspecified atom stereocenters. The van der Waals surface area contributed by atoms with Crippen molar-refractivity contribution in [3.8, 4) is 6.07 Å². The Bertz CT molecular complexity index is 351. The van der Waals surface area contributed by atoms with E-state index in [0.29, 0.717) is 10.0 Å². The van der Waals surface area contributed by atoms with Crippen LogP contribution in [0.25, 0.3) is 0 Å². The third kappa shape index (κ3) is 3.26. The zero-order valence-corrected chi connectivity index (χ0v) is 9.61. The summed E-state index contributed by atoms with van der Waals surface area (Å²) < 4.78 is 13.4. The molecule has 1 atom stereocenters. The molecule has 0 saturated carbocycles. The average molecular weight is 280 g/mol. The van der Waals surface area contributed by atoms with E-state index in [1.54, 1.807) is 12.1 Å². The lowest BCUT2D eigenvalue weighted by Crippen LogP contribution is -2.09. The molecule has 0 bridgehead atoms. The SMILES string of the molecule is Cl.N#CC[C@@H](N)c1ccc(Br)c(F)c1. The van der Waals surface area contributed by atoms with Gasteiger partial charge in [-0.3, -0.25) is 0 Å². The van der Waals surface area contributed by atoms with Crippen molar-refractivity contribution in [3.63, 3.8) is 0 Å². The molecular weight excluding hydrogens is 270 g/mol. The number of nitriles is 1. The second kappa shape index (κ2) is 5.97. The molecular formula is C9H9BrClFN2. The highest BCUT2D eigenvalue weighted by Gasteiger charge is 2.07. The highest BCUT2D eigenvalue weighted by atomic mass is 79.9. The Kier molecular flexibility index (Phi) is 5.70. The molecule has 0 heterocycles. The van der Waals surface area contributed by atoms with Crippen LogP contribution in [0.2, 0.25) is 0 Å². The lowest BCUT2D eigenvalue weighted by Gasteiger charge is -2.07. The van der Waals surface area contributed by atoms with Gasteiger partial charge in [-0.1, -0.05) is 6.07 Å². The second-order valence-corrected chi connectivity index (χ2v) is 3.50. The molecule has 5 heteroatoms. The van der Waals surface area contributed by atoms with Crippen LogP contribution in [0.15, 0.2) is 22.7 Å². The molecule has 0 aliphatic rings. The van der Waals surface area contributed by atoms with Gasteiger partial charge in [-0.2, -0.15) is 5.26 Å². The van der Waals surface area contributed by atoms with Gasteiger partial charge < -0.3 is 5.73 Å². The van der Waals surface area contributed by atoms with Gasteiger partial charge in [0.2, 0.25) is 0 Å². The highest BCUT2D eigenvalue weighted by Crippen LogP contribution is 2.20. The number of rotatable bonds is 2. The Morgan fingerprint density at radius 1 is 1.57 bits per heavy atom. The fraction of sp³-hybridized carbons (Fsp3) is 0.222. The maximum absolute atomic E-state index is 13.0. The Balaban J connectivity index is 0.00000169. The smallest absolute Gasteiger partial charge is 0.137 e. The number of nitrogens with zero attached hydrogens (tertiary/aromatic N) is 1. The van der Waals surface area contributed by atoms with Crippen LogP contribution in [0.3, 0.4) is 0 Å². The molecule has 0 saturated heterocycles. The van der Waals surface area contributed by atoms with Crippen LogP contribution in [0, 0.1) is 17.1 Å². The first-order valence-corrected chi connectivity index (χ1v) is 4.52. The predicted molar refractivity (Wildman–Crippen MR) is 58.5 cm³/mol. The minimum Gasteiger partial charge on any atom is -0.323 e. The standard InChI is InChI=1S/C9H8BrFN2.ClH/c10-7-2-1-6(5-8(7)11)9(13)3-4-12;/h1-2,5,9H,3,13H2;1H/t9-;/m1./s1. The van der Waals surface area contributed by atoms with Crippen LogP contribution < -0.4 is 5.73 Å². The van der Waals surface area contributed by atoms with Crippen molar-refractivity contribution >= 4 is 28.3 Å². The van der Waals surface area contributed by atoms with Gasteiger partial charge >= 0.3 is 0 Å². The largest absolute Gasteiger partial charge is 0.323 e. The van der Waals surface area contributed by atoms with Gasteiger partial charge in [0, 0.05) is 6.04 Å². The van der Waals surface area contributed by atoms with Gasteiger partial charge in [0.15, 0.2) is 0 Å². The summed E-state index contributed by atoms with van der Waals surface area (Å²) in [4.78, 5) is 0. The molecule has 0 aliphatic carbocycles. The first kappa shape index (κ1) is 13.4. The Morgan fingerprint density at radius 3 is 2.71 bits per heavy atom. The summed E-state index contributed by atoms with van der Waals surface area (Å²) in [5.74, 6) is -0.356. The van der Waals surface area contributed by atoms with Gasteiger partial charge in [-0.05, 0) is 33.6 Å². The van der Waals surface area contributed by atoms with Crippen LogP contribution in [0.4, 0.5) is 4.39 Å². The molecule has 0 aromatic heterocycles. The van der Waals surface area contributed by atoms with Gasteiger partial charge in [0.1, 0.15) is 5.82 Å². The fourth-order valence-electron chi connectivity index (χ4n) is 0.959. The third-order valence-corrected chi connectivity index (χ3v) is 2.33. The summed E-state index contributed by atoms with van der Waals surface area (Å²) in [6.45, 7) is 0. The third-order valence-electron chi connectivity index (χ3n) is 1.68. The van der Waals surface area contributed by atoms with Crippen molar-refractivity contribution in [3.05, 3.63) is 34.1 Å². The summed E-state index contributed by atoms with van der Waals surface area (Å²) in [7, 11) is 0. The molecule has 1 rings (SSSR count). The van der Waals surface area contributed by atoms with Crippen LogP contribution in [0.1, 0.15) is 18.0 Å². The van der Waals surface area contributed by atoms with Crippen LogP contribution >= 0.6 is 28.3 Å². The lowest BCUT2D eigenvalue weighted by molar-refractivity contribution is 0.613. The molecule has 0 amide bonds. The Hall–Kier alpha value is -0.630. The maximum Gasteiger partial charge on any atom is 0.137 e. The minimum absolute atomic E-state index is 0. The van der Waals surface area contributed by atoms with E-state index in [9.17, 15) is 4.39 Å². The van der Waals surface area contributed by atoms with Crippen LogP contribution in [0.5, 0.6) is 0 Å². The summed E-state index contributed by atoms with van der Waals surface area (Å²) >= 11 is 3.04. The van der Waals surface area contributed by atoms with E-state index in [1.165, 1.54) is 6.07 Å². The van der Waals surface area contributed by atoms with Crippen molar-refractivity contribution in [2.75, 3.05) is 0 Å². The van der Waals surface area contributed by atoms with Crippen molar-refractivity contribution < 1.29 is 4.39 Å². The van der Waals surface area contributed by atoms with Crippen molar-refractivity contribution in [1.82, 2.24) is 0 Å². The van der Waals surface area contributed by atoms with Crippen LogP contribution in [-0.4, -0.2) is 0 Å². The monoisotopic (exact) mass is 278 g/mol. The normalized spacial score (nSPS) is 11.3. The van der Waals surface area contributed by atoms with E-state index in [-0.39, 0.29) is 24.6 Å². The Labute approximate surface area is 96.4 Å². The number of hydrogen-bond donors (Lipinski definition) is 1. The summed E-state index contributed by atoms with van der Waals surface area (Å²) in [5.41, 5.74) is 6.26. The predicted octanol–water partition coefficient (Wildman–Crippen LogP) is 2.92. The quantitative estimate of drug-likeness (QED) is 0.905. The zero-order chi connectivity index (χ0) is 9.84. The van der Waals surface area contributed by atoms with Crippen molar-refractivity contribution in [1.29, 1.82) is 5.26 Å². The van der Waals surface area contributed by atoms with Crippen molar-refractivity contribution in [2.45, 2.75) is 12.5 Å². The molecule has 0 aliphatic heterocycles. The molecule has 1 aromatic carbocycles. The zero-order valence-electron chi connectivity index (χ0n) is 7.21. The van der Waals surface area contributed by atoms with E-state index < -0.39 is 6.04 Å². The first-order valence-electron chi connectivity index (χ1n) is 3.72. The molecule has 76 valence electrons. The molecule has 0 radical (unpaired) electrons. The molecule has 2 N–H and O–H groups in total. The molecule has 2 nitrogen and oxygen atoms in total. The lowest BCUT2D eigenvalue weighted by atomic mass is 10.1. The number of benzene rings is 1. The second-order valence-electron chi connectivity index (χ2n) is 2.64. The molecule has 14 heavy (non-hydrogen) atoms. The number of hydrogen-bond acceptors (Lipinski definition) is 2. The van der Waals surface area contributed by atoms with Gasteiger partial charge in [0.05, 0.1) is 17.0 Å². The van der Waals surface area contributed by atoms with Gasteiger partial charge in [-0.15, -0.1) is 12.4 Å². The topological polar surface area (TPSA) is 49.8 Å². The fourth-order valence-corrected chi connectivity index (χ4v) is 1.21. The van der Waals surface area contributed by atoms with E-state index in [0.717, 1.165) is 0 Å². The summed E-state index contributed by atoms with van der Waals surface area (Å²) in [6, 6.07) is 6.16. The van der Waals surface area contributed by atoms with E-state index in [2.05, 4.69) is 15.9 Å². The Morgan fingerprint density at radius 2 is 2.21 bits per heavy atom. The minimum atomic E-state index is -0.410. The highest BCUT2D eigenvalue weighted by molar-refractivity contribution is 9.10. The average Bonchev–Trinajstić information content (AvgIpc) is 2.10. The maximum atomic E-state index is 13.0.